The number of hydrogen-bond donors (Lipinski definition) is 2. The summed E-state index contributed by atoms with van der Waals surface area (Å²) in [5, 5.41) is 4.89. The maximum absolute atomic E-state index is 13.1. The minimum Gasteiger partial charge on any atom is -0.348 e. The van der Waals surface area contributed by atoms with E-state index in [0.29, 0.717) is 16.1 Å². The van der Waals surface area contributed by atoms with Gasteiger partial charge in [0.1, 0.15) is 11.3 Å². The van der Waals surface area contributed by atoms with Crippen LogP contribution in [0, 0.1) is 5.41 Å². The summed E-state index contributed by atoms with van der Waals surface area (Å²) < 4.78 is 0. The highest BCUT2D eigenvalue weighted by Crippen LogP contribution is 2.38. The number of amides is 1. The van der Waals surface area contributed by atoms with E-state index in [9.17, 15) is 4.79 Å². The first-order valence-corrected chi connectivity index (χ1v) is 10.8. The van der Waals surface area contributed by atoms with Crippen molar-refractivity contribution in [2.75, 3.05) is 0 Å². The van der Waals surface area contributed by atoms with E-state index in [1.54, 1.807) is 18.0 Å². The summed E-state index contributed by atoms with van der Waals surface area (Å²) in [4.78, 5) is 22.7. The third-order valence-corrected chi connectivity index (χ3v) is 6.85. The first-order chi connectivity index (χ1) is 13.4. The number of pyridine rings is 1. The van der Waals surface area contributed by atoms with Crippen LogP contribution in [0.15, 0.2) is 52.4 Å². The smallest absolute Gasteiger partial charge is 0.269 e. The van der Waals surface area contributed by atoms with Crippen molar-refractivity contribution >= 4 is 40.3 Å². The lowest BCUT2D eigenvalue weighted by Crippen LogP contribution is -2.39. The topological polar surface area (TPSA) is 57.8 Å². The van der Waals surface area contributed by atoms with Gasteiger partial charge < -0.3 is 10.3 Å². The lowest BCUT2D eigenvalue weighted by atomic mass is 9.75. The molecule has 0 unspecified atom stereocenters. The van der Waals surface area contributed by atoms with Gasteiger partial charge in [0, 0.05) is 27.5 Å². The number of fused-ring (bicyclic) bond motifs is 1. The molecule has 4 nitrogen and oxygen atoms in total. The molecule has 1 aliphatic rings. The summed E-state index contributed by atoms with van der Waals surface area (Å²) in [5.74, 6) is -0.0563. The van der Waals surface area contributed by atoms with Gasteiger partial charge in [0.2, 0.25) is 0 Å². The second-order valence-electron chi connectivity index (χ2n) is 8.20. The summed E-state index contributed by atoms with van der Waals surface area (Å²) in [5.41, 5.74) is 1.69. The number of nitrogens with one attached hydrogen (secondary N) is 2. The van der Waals surface area contributed by atoms with Gasteiger partial charge in [-0.15, -0.1) is 0 Å². The predicted octanol–water partition coefficient (Wildman–Crippen LogP) is 6.07. The predicted molar refractivity (Wildman–Crippen MR) is 115 cm³/mol. The Morgan fingerprint density at radius 1 is 1.21 bits per heavy atom. The van der Waals surface area contributed by atoms with E-state index in [-0.39, 0.29) is 11.9 Å². The molecule has 0 aliphatic heterocycles. The van der Waals surface area contributed by atoms with Gasteiger partial charge in [-0.3, -0.25) is 4.79 Å². The maximum Gasteiger partial charge on any atom is 0.269 e. The van der Waals surface area contributed by atoms with E-state index in [1.807, 2.05) is 36.4 Å². The molecule has 3 aromatic rings. The van der Waals surface area contributed by atoms with Crippen LogP contribution in [0.3, 0.4) is 0 Å². The van der Waals surface area contributed by atoms with Crippen molar-refractivity contribution in [1.82, 2.24) is 15.3 Å². The molecular weight excluding hydrogens is 390 g/mol. The molecule has 0 atom stereocenters. The van der Waals surface area contributed by atoms with E-state index < -0.39 is 0 Å². The first-order valence-electron chi connectivity index (χ1n) is 9.62. The molecule has 6 heteroatoms. The summed E-state index contributed by atoms with van der Waals surface area (Å²) >= 11 is 7.57. The third kappa shape index (κ3) is 4.20. The summed E-state index contributed by atoms with van der Waals surface area (Å²) in [7, 11) is 0. The van der Waals surface area contributed by atoms with Crippen molar-refractivity contribution in [2.45, 2.75) is 55.4 Å². The molecular formula is C22H24ClN3OS. The molecule has 2 N–H and O–H groups in total. The number of carbonyl (C=O) groups is 1. The molecule has 4 rings (SSSR count). The fraction of sp³-hybridized carbons (Fsp3) is 0.364. The molecule has 0 bridgehead atoms. The van der Waals surface area contributed by atoms with Gasteiger partial charge in [-0.2, -0.15) is 0 Å². The van der Waals surface area contributed by atoms with Crippen LogP contribution in [0.4, 0.5) is 0 Å². The fourth-order valence-electron chi connectivity index (χ4n) is 3.69. The molecule has 2 aromatic heterocycles. The Morgan fingerprint density at radius 2 is 1.93 bits per heavy atom. The molecule has 0 spiro atoms. The zero-order valence-corrected chi connectivity index (χ0v) is 17.7. The highest BCUT2D eigenvalue weighted by Gasteiger charge is 2.29. The number of aromatic nitrogens is 2. The molecule has 28 heavy (non-hydrogen) atoms. The zero-order valence-electron chi connectivity index (χ0n) is 16.1. The van der Waals surface area contributed by atoms with Gasteiger partial charge in [-0.05, 0) is 67.5 Å². The number of H-pyrrole nitrogens is 1. The standard InChI is InChI=1S/C22H24ClN3OS/c1-22(2)11-9-15(10-12-22)25-21(27)18-19(17-4-3-13-24-20(17)26-18)28-16-7-5-14(23)6-8-16/h3-8,13,15H,9-12H2,1-2H3,(H,24,26)(H,25,27). The Bertz CT molecular complexity index is 987. The minimum absolute atomic E-state index is 0.0563. The van der Waals surface area contributed by atoms with Crippen molar-refractivity contribution in [1.29, 1.82) is 0 Å². The quantitative estimate of drug-likeness (QED) is 0.546. The number of hydrogen-bond acceptors (Lipinski definition) is 3. The highest BCUT2D eigenvalue weighted by molar-refractivity contribution is 7.99. The fourth-order valence-corrected chi connectivity index (χ4v) is 4.84. The van der Waals surface area contributed by atoms with Crippen LogP contribution >= 0.6 is 23.4 Å². The number of carbonyl (C=O) groups excluding carboxylic acids is 1. The van der Waals surface area contributed by atoms with Crippen LogP contribution < -0.4 is 5.32 Å². The van der Waals surface area contributed by atoms with E-state index in [0.717, 1.165) is 46.5 Å². The van der Waals surface area contributed by atoms with E-state index in [1.165, 1.54) is 0 Å². The van der Waals surface area contributed by atoms with E-state index in [2.05, 4.69) is 29.1 Å². The monoisotopic (exact) mass is 413 g/mol. The highest BCUT2D eigenvalue weighted by atomic mass is 35.5. The lowest BCUT2D eigenvalue weighted by Gasteiger charge is -2.34. The third-order valence-electron chi connectivity index (χ3n) is 5.46. The van der Waals surface area contributed by atoms with Crippen LogP contribution in [0.1, 0.15) is 50.0 Å². The van der Waals surface area contributed by atoms with Crippen molar-refractivity contribution in [2.24, 2.45) is 5.41 Å². The largest absolute Gasteiger partial charge is 0.348 e. The molecule has 146 valence electrons. The number of benzene rings is 1. The Labute approximate surface area is 174 Å². The number of aromatic amines is 1. The molecule has 0 saturated heterocycles. The second-order valence-corrected chi connectivity index (χ2v) is 9.72. The molecule has 1 amide bonds. The SMILES string of the molecule is CC1(C)CCC(NC(=O)c2[nH]c3ncccc3c2Sc2ccc(Cl)cc2)CC1. The van der Waals surface area contributed by atoms with E-state index in [4.69, 9.17) is 11.6 Å². The van der Waals surface area contributed by atoms with Crippen molar-refractivity contribution in [3.8, 4) is 0 Å². The average molecular weight is 414 g/mol. The zero-order chi connectivity index (χ0) is 19.7. The lowest BCUT2D eigenvalue weighted by molar-refractivity contribution is 0.0902. The van der Waals surface area contributed by atoms with Gasteiger partial charge in [-0.25, -0.2) is 4.98 Å². The van der Waals surface area contributed by atoms with Crippen LogP contribution in [0.2, 0.25) is 5.02 Å². The normalized spacial score (nSPS) is 17.0. The van der Waals surface area contributed by atoms with Crippen LogP contribution in [0.25, 0.3) is 11.0 Å². The Morgan fingerprint density at radius 3 is 2.64 bits per heavy atom. The van der Waals surface area contributed by atoms with Crippen molar-refractivity contribution in [3.63, 3.8) is 0 Å². The van der Waals surface area contributed by atoms with Gasteiger partial charge in [0.25, 0.3) is 5.91 Å². The molecule has 1 fully saturated rings. The molecule has 0 radical (unpaired) electrons. The maximum atomic E-state index is 13.1. The minimum atomic E-state index is -0.0563. The molecule has 1 saturated carbocycles. The summed E-state index contributed by atoms with van der Waals surface area (Å²) in [6.45, 7) is 4.60. The van der Waals surface area contributed by atoms with Crippen LogP contribution in [-0.2, 0) is 0 Å². The van der Waals surface area contributed by atoms with Gasteiger partial charge in [0.05, 0.1) is 4.90 Å². The number of halogens is 1. The van der Waals surface area contributed by atoms with Crippen LogP contribution in [0.5, 0.6) is 0 Å². The molecule has 1 aromatic carbocycles. The summed E-state index contributed by atoms with van der Waals surface area (Å²) in [6, 6.07) is 11.8. The second kappa shape index (κ2) is 7.80. The Kier molecular flexibility index (Phi) is 5.39. The van der Waals surface area contributed by atoms with Gasteiger partial charge >= 0.3 is 0 Å². The van der Waals surface area contributed by atoms with E-state index >= 15 is 0 Å². The summed E-state index contributed by atoms with van der Waals surface area (Å²) in [6.07, 6.45) is 6.06. The number of rotatable bonds is 4. The van der Waals surface area contributed by atoms with Gasteiger partial charge in [0.15, 0.2) is 0 Å². The first kappa shape index (κ1) is 19.3. The Hall–Kier alpha value is -1.98. The Balaban J connectivity index is 1.60. The number of nitrogens with zero attached hydrogens (tertiary/aromatic N) is 1. The average Bonchev–Trinajstić information content (AvgIpc) is 3.04. The molecule has 1 aliphatic carbocycles. The van der Waals surface area contributed by atoms with Crippen molar-refractivity contribution in [3.05, 3.63) is 53.3 Å². The van der Waals surface area contributed by atoms with Crippen molar-refractivity contribution < 1.29 is 4.79 Å². The van der Waals surface area contributed by atoms with Gasteiger partial charge in [-0.1, -0.05) is 37.2 Å². The molecule has 2 heterocycles. The van der Waals surface area contributed by atoms with Crippen LogP contribution in [-0.4, -0.2) is 21.9 Å².